The highest BCUT2D eigenvalue weighted by atomic mass is 35.5. The predicted molar refractivity (Wildman–Crippen MR) is 238 cm³/mol. The highest BCUT2D eigenvalue weighted by Gasteiger charge is 2.36. The maximum atomic E-state index is 15.3. The number of sulfonamides is 1. The molecule has 1 saturated carbocycles. The Hall–Kier alpha value is -4.69. The Labute approximate surface area is 366 Å². The number of hydrogen-bond donors (Lipinski definition) is 2. The second-order valence-corrected chi connectivity index (χ2v) is 20.1. The SMILES string of the molecule is CC1CCC(F)(COc2ncc(S(=O)(=O)NC(=O)c3ccc(N4CCN(CC5=C(c6ccc(Cl)cc6)CC(C)(C)CC5)CC4)cc3Oc3cccc4[nH]ncc34)cc2Cl)CC1. The third-order valence-corrected chi connectivity index (χ3v) is 14.2. The van der Waals surface area contributed by atoms with E-state index in [-0.39, 0.29) is 39.1 Å². The number of halogens is 3. The molecule has 0 radical (unpaired) electrons. The molecule has 3 aromatic carbocycles. The molecule has 1 saturated heterocycles. The molecular weight excluding hydrogens is 839 g/mol. The van der Waals surface area contributed by atoms with Crippen molar-refractivity contribution < 1.29 is 27.1 Å². The number of benzene rings is 3. The van der Waals surface area contributed by atoms with Gasteiger partial charge in [-0.05, 0) is 110 Å². The van der Waals surface area contributed by atoms with Gasteiger partial charge in [0.15, 0.2) is 0 Å². The molecule has 0 atom stereocenters. The molecule has 2 aromatic heterocycles. The molecule has 15 heteroatoms. The molecule has 8 rings (SSSR count). The van der Waals surface area contributed by atoms with Gasteiger partial charge in [0.2, 0.25) is 5.88 Å². The zero-order valence-corrected chi connectivity index (χ0v) is 37.0. The molecule has 0 bridgehead atoms. The summed E-state index contributed by atoms with van der Waals surface area (Å²) in [5, 5.41) is 8.38. The lowest BCUT2D eigenvalue weighted by molar-refractivity contribution is 0.0334. The van der Waals surface area contributed by atoms with Crippen molar-refractivity contribution in [3.8, 4) is 17.4 Å². The summed E-state index contributed by atoms with van der Waals surface area (Å²) in [5.74, 6) is 0.0717. The summed E-state index contributed by atoms with van der Waals surface area (Å²) < 4.78 is 56.7. The number of pyridine rings is 1. The quantitative estimate of drug-likeness (QED) is 0.126. The Morgan fingerprint density at radius 1 is 0.967 bits per heavy atom. The number of allylic oxidation sites excluding steroid dienone is 1. The van der Waals surface area contributed by atoms with Crippen LogP contribution in [0.3, 0.4) is 0 Å². The number of H-pyrrole nitrogens is 1. The van der Waals surface area contributed by atoms with Crippen molar-refractivity contribution in [3.63, 3.8) is 0 Å². The third kappa shape index (κ3) is 10.0. The zero-order chi connectivity index (χ0) is 42.9. The molecular formula is C46H51Cl2FN6O5S. The van der Waals surface area contributed by atoms with Crippen LogP contribution in [-0.2, 0) is 10.0 Å². The van der Waals surface area contributed by atoms with Crippen LogP contribution in [0.15, 0.2) is 89.6 Å². The van der Waals surface area contributed by atoms with Crippen LogP contribution in [0.25, 0.3) is 16.5 Å². The summed E-state index contributed by atoms with van der Waals surface area (Å²) in [6.07, 6.45) is 8.14. The fraction of sp³-hybridized carbons (Fsp3) is 0.413. The van der Waals surface area contributed by atoms with Crippen LogP contribution >= 0.6 is 23.2 Å². The van der Waals surface area contributed by atoms with Gasteiger partial charge in [0, 0.05) is 49.5 Å². The highest BCUT2D eigenvalue weighted by molar-refractivity contribution is 7.90. The fourth-order valence-electron chi connectivity index (χ4n) is 8.54. The van der Waals surface area contributed by atoms with Crippen LogP contribution in [-0.4, -0.2) is 79.4 Å². The first kappa shape index (κ1) is 43.0. The predicted octanol–water partition coefficient (Wildman–Crippen LogP) is 10.3. The van der Waals surface area contributed by atoms with E-state index in [1.807, 2.05) is 24.3 Å². The van der Waals surface area contributed by atoms with Gasteiger partial charge in [-0.15, -0.1) is 0 Å². The van der Waals surface area contributed by atoms with Crippen molar-refractivity contribution in [1.82, 2.24) is 24.8 Å². The van der Waals surface area contributed by atoms with Gasteiger partial charge in [0.25, 0.3) is 15.9 Å². The third-order valence-electron chi connectivity index (χ3n) is 12.4. The molecule has 3 aliphatic rings. The number of rotatable bonds is 12. The molecule has 11 nitrogen and oxygen atoms in total. The van der Waals surface area contributed by atoms with E-state index < -0.39 is 21.6 Å². The number of piperazine rings is 1. The van der Waals surface area contributed by atoms with Crippen molar-refractivity contribution >= 4 is 61.3 Å². The van der Waals surface area contributed by atoms with Crippen molar-refractivity contribution in [2.75, 3.05) is 44.2 Å². The van der Waals surface area contributed by atoms with E-state index in [1.165, 1.54) is 16.7 Å². The summed E-state index contributed by atoms with van der Waals surface area (Å²) in [4.78, 5) is 22.4. The van der Waals surface area contributed by atoms with Crippen LogP contribution in [0, 0.1) is 11.3 Å². The summed E-state index contributed by atoms with van der Waals surface area (Å²) in [7, 11) is -4.47. The minimum atomic E-state index is -4.47. The van der Waals surface area contributed by atoms with Gasteiger partial charge >= 0.3 is 0 Å². The first-order valence-corrected chi connectivity index (χ1v) is 23.1. The molecule has 0 spiro atoms. The zero-order valence-electron chi connectivity index (χ0n) is 34.6. The number of ether oxygens (including phenoxy) is 2. The lowest BCUT2D eigenvalue weighted by Crippen LogP contribution is -2.47. The second kappa shape index (κ2) is 17.6. The van der Waals surface area contributed by atoms with Crippen molar-refractivity contribution in [3.05, 3.63) is 106 Å². The Morgan fingerprint density at radius 2 is 1.72 bits per heavy atom. The van der Waals surface area contributed by atoms with Crippen LogP contribution < -0.4 is 19.1 Å². The summed E-state index contributed by atoms with van der Waals surface area (Å²) in [5.41, 5.74) is 4.43. The standard InChI is InChI=1S/C46H51Cl2FN6O5S/c1-30-13-17-46(49,18-14-30)29-59-44-39(48)24-35(26-50-44)61(57,58)53-43(56)36-12-11-34(23-42(36)60-41-6-4-5-40-38(41)27-51-52-40)55-21-19-54(20-22-55)28-32-15-16-45(2,3)25-37(32)31-7-9-33(47)10-8-31/h4-12,23-24,26-27,30H,13-22,25,28-29H2,1-3H3,(H,51,52)(H,53,56). The second-order valence-electron chi connectivity index (χ2n) is 17.6. The molecule has 0 unspecified atom stereocenters. The average molecular weight is 890 g/mol. The average Bonchev–Trinajstić information content (AvgIpc) is 3.73. The minimum Gasteiger partial charge on any atom is -0.473 e. The molecule has 2 N–H and O–H groups in total. The fourth-order valence-corrected chi connectivity index (χ4v) is 9.89. The molecule has 1 aliphatic heterocycles. The number of fused-ring (bicyclic) bond motifs is 1. The molecule has 322 valence electrons. The van der Waals surface area contributed by atoms with E-state index in [1.54, 1.807) is 30.5 Å². The molecule has 5 aromatic rings. The lowest BCUT2D eigenvalue weighted by atomic mass is 9.72. The first-order valence-electron chi connectivity index (χ1n) is 20.9. The number of anilines is 1. The number of aromatic amines is 1. The van der Waals surface area contributed by atoms with Gasteiger partial charge < -0.3 is 14.4 Å². The largest absolute Gasteiger partial charge is 0.473 e. The molecule has 3 heterocycles. The summed E-state index contributed by atoms with van der Waals surface area (Å²) >= 11 is 12.6. The van der Waals surface area contributed by atoms with Gasteiger partial charge in [-0.25, -0.2) is 22.5 Å². The number of alkyl halides is 1. The van der Waals surface area contributed by atoms with E-state index in [2.05, 4.69) is 62.6 Å². The number of carbonyl (C=O) groups excluding carboxylic acids is 1. The van der Waals surface area contributed by atoms with Crippen molar-refractivity contribution in [1.29, 1.82) is 0 Å². The maximum absolute atomic E-state index is 15.3. The van der Waals surface area contributed by atoms with Crippen LogP contribution in [0.2, 0.25) is 10.0 Å². The Bertz CT molecular complexity index is 2550. The molecule has 1 amide bonds. The Balaban J connectivity index is 0.988. The number of aromatic nitrogens is 3. The van der Waals surface area contributed by atoms with E-state index in [0.29, 0.717) is 29.9 Å². The number of carbonyl (C=O) groups is 1. The van der Waals surface area contributed by atoms with E-state index in [4.69, 9.17) is 32.7 Å². The van der Waals surface area contributed by atoms with Gasteiger partial charge in [-0.1, -0.05) is 67.7 Å². The van der Waals surface area contributed by atoms with Gasteiger partial charge in [0.1, 0.15) is 33.7 Å². The maximum Gasteiger partial charge on any atom is 0.268 e. The monoisotopic (exact) mass is 888 g/mol. The Kier molecular flexibility index (Phi) is 12.4. The van der Waals surface area contributed by atoms with Gasteiger partial charge in [-0.2, -0.15) is 5.10 Å². The summed E-state index contributed by atoms with van der Waals surface area (Å²) in [6, 6.07) is 19.9. The van der Waals surface area contributed by atoms with Crippen molar-refractivity contribution in [2.24, 2.45) is 11.3 Å². The smallest absolute Gasteiger partial charge is 0.268 e. The minimum absolute atomic E-state index is 0.00222. The number of amides is 1. The molecule has 2 fully saturated rings. The van der Waals surface area contributed by atoms with E-state index in [9.17, 15) is 13.2 Å². The topological polar surface area (TPSA) is 130 Å². The van der Waals surface area contributed by atoms with E-state index in [0.717, 1.165) is 93.3 Å². The number of nitrogens with one attached hydrogen (secondary N) is 2. The van der Waals surface area contributed by atoms with Crippen LogP contribution in [0.4, 0.5) is 10.1 Å². The van der Waals surface area contributed by atoms with Gasteiger partial charge in [-0.3, -0.25) is 14.8 Å². The van der Waals surface area contributed by atoms with E-state index >= 15 is 4.39 Å². The molecule has 61 heavy (non-hydrogen) atoms. The van der Waals surface area contributed by atoms with Gasteiger partial charge in [0.05, 0.1) is 28.9 Å². The lowest BCUT2D eigenvalue weighted by Gasteiger charge is -2.39. The first-order chi connectivity index (χ1) is 29.1. The molecule has 2 aliphatic carbocycles. The van der Waals surface area contributed by atoms with Crippen LogP contribution in [0.1, 0.15) is 81.6 Å². The van der Waals surface area contributed by atoms with Crippen molar-refractivity contribution in [2.45, 2.75) is 76.3 Å². The highest BCUT2D eigenvalue weighted by Crippen LogP contribution is 2.44. The number of hydrogen-bond acceptors (Lipinski definition) is 9. The number of nitrogens with zero attached hydrogens (tertiary/aromatic N) is 4. The normalized spacial score (nSPS) is 21.1. The Morgan fingerprint density at radius 3 is 2.46 bits per heavy atom. The van der Waals surface area contributed by atoms with Crippen LogP contribution in [0.5, 0.6) is 17.4 Å². The summed E-state index contributed by atoms with van der Waals surface area (Å²) in [6.45, 7) is 10.6.